The number of rotatable bonds is 13. The first-order valence-corrected chi connectivity index (χ1v) is 3.72. The second-order valence-electron chi connectivity index (χ2n) is 1.74. The summed E-state index contributed by atoms with van der Waals surface area (Å²) < 4.78 is 242. The van der Waals surface area contributed by atoms with Crippen molar-refractivity contribution in [3.05, 3.63) is 0 Å². The van der Waals surface area contributed by atoms with Crippen LogP contribution < -0.4 is 0 Å². The van der Waals surface area contributed by atoms with Gasteiger partial charge in [0, 0.05) is 46.3 Å². The van der Waals surface area contributed by atoms with Crippen LogP contribution in [0.2, 0.25) is 0 Å². The van der Waals surface area contributed by atoms with Crippen molar-refractivity contribution in [1.82, 2.24) is 0 Å². The molecule has 0 saturated heterocycles. The molecule has 98 valence electrons. The maximum absolute atomic E-state index is 9.45. The number of hydrogen-bond donors (Lipinski definition) is 1. The van der Waals surface area contributed by atoms with Gasteiger partial charge in [-0.3, -0.25) is 0 Å². The average Bonchev–Trinajstić information content (AvgIpc) is 2.80. The predicted molar refractivity (Wildman–Crippen MR) is 72.8 cm³/mol. The molecular weight excluding hydrogens is 196 g/mol. The van der Waals surface area contributed by atoms with E-state index >= 15 is 0 Å². The third-order valence-corrected chi connectivity index (χ3v) is 0.806. The van der Waals surface area contributed by atoms with Gasteiger partial charge < -0.3 is 5.11 Å². The van der Waals surface area contributed by atoms with Gasteiger partial charge in [0.25, 0.3) is 0 Å². The van der Waals surface area contributed by atoms with Gasteiger partial charge in [-0.05, 0) is 6.37 Å². The van der Waals surface area contributed by atoms with Crippen molar-refractivity contribution in [3.63, 3.8) is 0 Å². The normalized spacial score (nSPS) is 52.9. The first kappa shape index (κ1) is 1.69. The van der Waals surface area contributed by atoms with E-state index in [0.29, 0.717) is 0 Å². The summed E-state index contributed by atoms with van der Waals surface area (Å²) in [4.78, 5) is 0. The maximum atomic E-state index is 9.45. The quantitative estimate of drug-likeness (QED) is 0.489. The molecule has 16 heavy (non-hydrogen) atoms. The highest BCUT2D eigenvalue weighted by Crippen LogP contribution is 2.12. The number of aliphatic hydroxyl groups is 1. The second kappa shape index (κ2) is 15.0. The van der Waals surface area contributed by atoms with Crippen molar-refractivity contribution in [1.29, 1.82) is 0 Å². The van der Waals surface area contributed by atoms with Crippen molar-refractivity contribution in [3.8, 4) is 0 Å². The molecule has 0 atom stereocenters. The smallest absolute Gasteiger partial charge is 0.0564 e. The lowest BCUT2D eigenvalue weighted by molar-refractivity contribution is 0.282. The average molecular weight is 260 g/mol. The first-order chi connectivity index (χ1) is 19.5. The lowest BCUT2D eigenvalue weighted by Crippen LogP contribution is -1.84. The van der Waals surface area contributed by atoms with Crippen LogP contribution in [0.4, 0.5) is 0 Å². The Morgan fingerprint density at radius 2 is 1.06 bits per heavy atom. The molecule has 0 radical (unpaired) electrons. The molecule has 0 aliphatic carbocycles. The van der Waals surface area contributed by atoms with Crippen LogP contribution in [-0.4, -0.2) is 11.7 Å². The molecule has 0 aromatic rings. The van der Waals surface area contributed by atoms with E-state index in [1.807, 2.05) is 0 Å². The maximum Gasteiger partial charge on any atom is 0.0564 e. The SMILES string of the molecule is [2H]C([2H])([2H])C([2H])([2H])C([2H])([2H])C([2H])([2H])C([2H])([2H])C([2H])([2H])C([2H])([2H])C([2H])([2H])C([2H])([2H])C([2H])([2H])C([2H])([2H])C([2H])([2H])C([2H])([2H])C([2H])([2H])C([2H])([2H])O. The molecule has 1 N–H and O–H groups in total. The van der Waals surface area contributed by atoms with Crippen molar-refractivity contribution in [2.24, 2.45) is 0 Å². The molecule has 1 nitrogen and oxygen atoms in total. The summed E-state index contributed by atoms with van der Waals surface area (Å²) in [7, 11) is 0. The summed E-state index contributed by atoms with van der Waals surface area (Å²) in [5.74, 6) is 0. The molecule has 0 fully saturated rings. The Bertz CT molecular complexity index is 1060. The third-order valence-electron chi connectivity index (χ3n) is 0.806. The van der Waals surface area contributed by atoms with E-state index in [-0.39, 0.29) is 0 Å². The Balaban J connectivity index is 7.61. The summed E-state index contributed by atoms with van der Waals surface area (Å²) >= 11 is 0. The molecule has 0 bridgehead atoms. The molecule has 0 spiro atoms. The van der Waals surface area contributed by atoms with Gasteiger partial charge in [0.05, 0.1) is 2.74 Å². The Labute approximate surface area is 146 Å². The zero-order valence-corrected chi connectivity index (χ0v) is 7.95. The van der Waals surface area contributed by atoms with E-state index < -0.39 is 96.3 Å². The molecule has 0 aliphatic heterocycles. The summed E-state index contributed by atoms with van der Waals surface area (Å²) in [5.41, 5.74) is 0. The fourth-order valence-electron chi connectivity index (χ4n) is 0.372. The Morgan fingerprint density at radius 3 is 1.44 bits per heavy atom. The molecule has 0 aliphatic rings. The molecule has 1 heteroatoms. The highest BCUT2D eigenvalue weighted by atomic mass is 16.2. The summed E-state index contributed by atoms with van der Waals surface area (Å²) in [6.45, 7) is -8.42. The minimum atomic E-state index is -5.08. The van der Waals surface area contributed by atoms with E-state index in [9.17, 15) is 5.11 Å². The van der Waals surface area contributed by atoms with Crippen molar-refractivity contribution in [2.75, 3.05) is 6.56 Å². The minimum absolute atomic E-state index is 4.09. The van der Waals surface area contributed by atoms with E-state index in [0.717, 1.165) is 0 Å². The predicted octanol–water partition coefficient (Wildman–Crippen LogP) is 5.07. The van der Waals surface area contributed by atoms with Crippen LogP contribution in [0.3, 0.4) is 0 Å². The molecule has 0 amide bonds. The van der Waals surface area contributed by atoms with E-state index in [1.54, 1.807) is 0 Å². The molecule has 0 saturated carbocycles. The van der Waals surface area contributed by atoms with Gasteiger partial charge in [-0.2, -0.15) is 0 Å². The van der Waals surface area contributed by atoms with Gasteiger partial charge in [-0.25, -0.2) is 0 Å². The van der Waals surface area contributed by atoms with Crippen LogP contribution >= 0.6 is 0 Å². The van der Waals surface area contributed by atoms with Crippen molar-refractivity contribution >= 4 is 0 Å². The Morgan fingerprint density at radius 1 is 0.688 bits per heavy atom. The van der Waals surface area contributed by atoms with Gasteiger partial charge >= 0.3 is 0 Å². The zero-order chi connectivity index (χ0) is 39.5. The van der Waals surface area contributed by atoms with Gasteiger partial charge in [0.15, 0.2) is 0 Å². The standard InChI is InChI=1S/C15H32O/c1-2-3-4-5-6-7-8-9-10-11-12-13-14-15-16/h16H,2-15H2,1H3/i1D3,2D2,3D2,4D2,5D2,6D2,7D2,8D2,9D2,10D2,11D2,12D2,13D2,14D2,15D2. The zero-order valence-electron chi connectivity index (χ0n) is 38.9. The fraction of sp³-hybridized carbons (Fsp3) is 1.00. The van der Waals surface area contributed by atoms with Gasteiger partial charge in [-0.15, -0.1) is 0 Å². The third kappa shape index (κ3) is 14.0. The summed E-state index contributed by atoms with van der Waals surface area (Å²) in [6, 6.07) is 0. The van der Waals surface area contributed by atoms with Crippen molar-refractivity contribution < 1.29 is 47.6 Å². The van der Waals surface area contributed by atoms with Crippen LogP contribution in [0.25, 0.3) is 0 Å². The lowest BCUT2D eigenvalue weighted by atomic mass is 10.0. The molecule has 0 heterocycles. The summed E-state index contributed by atoms with van der Waals surface area (Å²) in [6.07, 6.45) is -63.0. The van der Waals surface area contributed by atoms with E-state index in [4.69, 9.17) is 42.5 Å². The fourth-order valence-corrected chi connectivity index (χ4v) is 0.372. The highest BCUT2D eigenvalue weighted by Gasteiger charge is 1.92. The molecular formula is C15H32O. The summed E-state index contributed by atoms with van der Waals surface area (Å²) in [5, 5.41) is 9.45. The van der Waals surface area contributed by atoms with Crippen LogP contribution in [0, 0.1) is 0 Å². The lowest BCUT2D eigenvalue weighted by Gasteiger charge is -2.02. The van der Waals surface area contributed by atoms with Crippen LogP contribution in [0.5, 0.6) is 0 Å². The van der Waals surface area contributed by atoms with Gasteiger partial charge in [0.2, 0.25) is 0 Å². The largest absolute Gasteiger partial charge is 0.396 e. The van der Waals surface area contributed by atoms with Crippen LogP contribution in [0.1, 0.15) is 132 Å². The van der Waals surface area contributed by atoms with Gasteiger partial charge in [0.1, 0.15) is 0 Å². The van der Waals surface area contributed by atoms with E-state index in [2.05, 4.69) is 0 Å². The topological polar surface area (TPSA) is 20.2 Å². The second-order valence-corrected chi connectivity index (χ2v) is 1.74. The highest BCUT2D eigenvalue weighted by molar-refractivity contribution is 4.48. The Hall–Kier alpha value is -0.0400. The van der Waals surface area contributed by atoms with Gasteiger partial charge in [-0.1, -0.05) is 83.3 Å². The van der Waals surface area contributed by atoms with E-state index in [1.165, 1.54) is 0 Å². The molecule has 0 unspecified atom stereocenters. The molecule has 0 rings (SSSR count). The van der Waals surface area contributed by atoms with Crippen LogP contribution in [-0.2, 0) is 0 Å². The molecule has 0 aromatic carbocycles. The molecule has 0 aromatic heterocycles. The minimum Gasteiger partial charge on any atom is -0.396 e. The van der Waals surface area contributed by atoms with Crippen LogP contribution in [0.15, 0.2) is 0 Å². The van der Waals surface area contributed by atoms with Crippen molar-refractivity contribution in [2.45, 2.75) is 89.7 Å². The first-order valence-electron chi connectivity index (χ1n) is 19.2. The Kier molecular flexibility index (Phi) is 1.58. The number of hydrogen-bond acceptors (Lipinski definition) is 1. The monoisotopic (exact) mass is 259 g/mol.